The van der Waals surface area contributed by atoms with Crippen molar-refractivity contribution in [3.8, 4) is 22.4 Å². The lowest BCUT2D eigenvalue weighted by Crippen LogP contribution is -1.96. The summed E-state index contributed by atoms with van der Waals surface area (Å²) in [7, 11) is 0. The van der Waals surface area contributed by atoms with Crippen molar-refractivity contribution in [3.05, 3.63) is 72.2 Å². The largest absolute Gasteiger partial charge is 0.411 e. The number of nitrogen functional groups attached to an aromatic ring is 1. The van der Waals surface area contributed by atoms with Gasteiger partial charge < -0.3 is 10.9 Å². The summed E-state index contributed by atoms with van der Waals surface area (Å²) in [6.07, 6.45) is 4.90. The van der Waals surface area contributed by atoms with Crippen molar-refractivity contribution in [2.45, 2.75) is 12.8 Å². The van der Waals surface area contributed by atoms with Crippen molar-refractivity contribution in [1.82, 2.24) is 15.0 Å². The number of pyridine rings is 1. The predicted octanol–water partition coefficient (Wildman–Crippen LogP) is 4.07. The number of fused-ring (bicyclic) bond motifs is 2. The summed E-state index contributed by atoms with van der Waals surface area (Å²) in [6.45, 7) is 0. The van der Waals surface area contributed by atoms with Crippen LogP contribution in [0.15, 0.2) is 66.2 Å². The summed E-state index contributed by atoms with van der Waals surface area (Å²) >= 11 is 0. The van der Waals surface area contributed by atoms with Gasteiger partial charge in [-0.05, 0) is 48.2 Å². The van der Waals surface area contributed by atoms with Crippen molar-refractivity contribution in [3.63, 3.8) is 0 Å². The normalized spacial score (nSPS) is 14.5. The summed E-state index contributed by atoms with van der Waals surface area (Å²) in [4.78, 5) is 13.0. The smallest absolute Gasteiger partial charge is 0.134 e. The average Bonchev–Trinajstić information content (AvgIpc) is 3.16. The summed E-state index contributed by atoms with van der Waals surface area (Å²) < 4.78 is 0. The van der Waals surface area contributed by atoms with Crippen LogP contribution in [0.1, 0.15) is 17.5 Å². The lowest BCUT2D eigenvalue weighted by molar-refractivity contribution is 0.318. The molecule has 1 aliphatic rings. The molecule has 2 aromatic carbocycles. The van der Waals surface area contributed by atoms with Crippen LogP contribution in [0, 0.1) is 0 Å². The number of oxime groups is 1. The number of benzene rings is 2. The van der Waals surface area contributed by atoms with E-state index >= 15 is 0 Å². The van der Waals surface area contributed by atoms with Gasteiger partial charge in [0.15, 0.2) is 0 Å². The maximum Gasteiger partial charge on any atom is 0.134 e. The molecule has 3 N–H and O–H groups in total. The van der Waals surface area contributed by atoms with E-state index in [4.69, 9.17) is 10.9 Å². The highest BCUT2D eigenvalue weighted by atomic mass is 16.4. The van der Waals surface area contributed by atoms with Gasteiger partial charge in [0.2, 0.25) is 0 Å². The Morgan fingerprint density at radius 1 is 0.893 bits per heavy atom. The third-order valence-corrected chi connectivity index (χ3v) is 5.23. The second-order valence-electron chi connectivity index (χ2n) is 6.81. The van der Waals surface area contributed by atoms with Gasteiger partial charge in [-0.15, -0.1) is 0 Å². The zero-order valence-electron chi connectivity index (χ0n) is 15.0. The molecule has 6 heteroatoms. The van der Waals surface area contributed by atoms with E-state index in [1.165, 1.54) is 11.9 Å². The van der Waals surface area contributed by atoms with E-state index in [1.807, 2.05) is 36.4 Å². The van der Waals surface area contributed by atoms with E-state index in [0.29, 0.717) is 5.82 Å². The lowest BCUT2D eigenvalue weighted by atomic mass is 9.96. The first kappa shape index (κ1) is 16.4. The zero-order valence-corrected chi connectivity index (χ0v) is 15.0. The fraction of sp³-hybridized carbons (Fsp3) is 0.0909. The molecule has 0 saturated heterocycles. The van der Waals surface area contributed by atoms with Gasteiger partial charge in [-0.3, -0.25) is 4.98 Å². The number of nitrogens with two attached hydrogens (primary N) is 1. The van der Waals surface area contributed by atoms with Crippen molar-refractivity contribution >= 4 is 22.4 Å². The van der Waals surface area contributed by atoms with Gasteiger partial charge in [0.25, 0.3) is 0 Å². The van der Waals surface area contributed by atoms with E-state index in [1.54, 1.807) is 6.20 Å². The molecule has 5 rings (SSSR count). The van der Waals surface area contributed by atoms with Gasteiger partial charge in [-0.2, -0.15) is 0 Å². The van der Waals surface area contributed by atoms with Crippen LogP contribution >= 0.6 is 0 Å². The first-order valence-electron chi connectivity index (χ1n) is 9.05. The molecule has 136 valence electrons. The molecule has 0 fully saturated rings. The molecule has 6 nitrogen and oxygen atoms in total. The molecule has 28 heavy (non-hydrogen) atoms. The molecule has 0 saturated carbocycles. The van der Waals surface area contributed by atoms with E-state index in [2.05, 4.69) is 32.2 Å². The summed E-state index contributed by atoms with van der Waals surface area (Å²) in [6, 6.07) is 16.1. The standard InChI is InChI=1S/C22H17N5O/c23-22-18-11-14(4-7-19(18)25-12-26-22)17-2-1-9-24-21(17)15-3-6-16-13(10-15)5-8-20(16)27-28/h1-4,6-7,9-12,28H,5,8H2,(H2,23,25,26)/b27-20-. The second kappa shape index (κ2) is 6.42. The molecule has 4 aromatic rings. The fourth-order valence-electron chi connectivity index (χ4n) is 3.83. The van der Waals surface area contributed by atoms with E-state index < -0.39 is 0 Å². The van der Waals surface area contributed by atoms with Crippen LogP contribution in [-0.2, 0) is 6.42 Å². The van der Waals surface area contributed by atoms with Gasteiger partial charge in [0.05, 0.1) is 16.9 Å². The van der Waals surface area contributed by atoms with Gasteiger partial charge >= 0.3 is 0 Å². The Labute approximate surface area is 161 Å². The molecule has 0 amide bonds. The average molecular weight is 367 g/mol. The first-order valence-corrected chi connectivity index (χ1v) is 9.05. The monoisotopic (exact) mass is 367 g/mol. The number of hydrogen-bond acceptors (Lipinski definition) is 6. The number of nitrogens with zero attached hydrogens (tertiary/aromatic N) is 4. The molecule has 0 bridgehead atoms. The molecule has 0 spiro atoms. The Bertz CT molecular complexity index is 1250. The molecule has 0 aliphatic heterocycles. The SMILES string of the molecule is Nc1ncnc2ccc(-c3cccnc3-c3ccc4c(c3)CC/C4=N/O)cc12. The van der Waals surface area contributed by atoms with Crippen LogP contribution in [0.2, 0.25) is 0 Å². The number of anilines is 1. The minimum Gasteiger partial charge on any atom is -0.411 e. The number of rotatable bonds is 2. The Morgan fingerprint density at radius 2 is 1.79 bits per heavy atom. The Hall–Kier alpha value is -3.80. The van der Waals surface area contributed by atoms with Crippen molar-refractivity contribution in [1.29, 1.82) is 0 Å². The molecule has 0 radical (unpaired) electrons. The van der Waals surface area contributed by atoms with E-state index in [-0.39, 0.29) is 0 Å². The third kappa shape index (κ3) is 2.58. The fourth-order valence-corrected chi connectivity index (χ4v) is 3.83. The van der Waals surface area contributed by atoms with Gasteiger partial charge in [0.1, 0.15) is 12.1 Å². The second-order valence-corrected chi connectivity index (χ2v) is 6.81. The zero-order chi connectivity index (χ0) is 19.1. The van der Waals surface area contributed by atoms with E-state index in [0.717, 1.165) is 57.4 Å². The van der Waals surface area contributed by atoms with Crippen LogP contribution in [0.5, 0.6) is 0 Å². The minimum atomic E-state index is 0.464. The number of aryl methyl sites for hydroxylation is 1. The van der Waals surface area contributed by atoms with Crippen LogP contribution in [0.4, 0.5) is 5.82 Å². The van der Waals surface area contributed by atoms with Crippen LogP contribution in [0.25, 0.3) is 33.3 Å². The van der Waals surface area contributed by atoms with Crippen LogP contribution in [0.3, 0.4) is 0 Å². The van der Waals surface area contributed by atoms with E-state index in [9.17, 15) is 0 Å². The number of aromatic nitrogens is 3. The highest BCUT2D eigenvalue weighted by Gasteiger charge is 2.20. The molecule has 0 atom stereocenters. The third-order valence-electron chi connectivity index (χ3n) is 5.23. The summed E-state index contributed by atoms with van der Waals surface area (Å²) in [5.41, 5.74) is 13.7. The maximum atomic E-state index is 9.16. The maximum absolute atomic E-state index is 9.16. The predicted molar refractivity (Wildman–Crippen MR) is 109 cm³/mol. The van der Waals surface area contributed by atoms with Crippen LogP contribution in [-0.4, -0.2) is 25.9 Å². The molecule has 1 aliphatic carbocycles. The molecule has 2 aromatic heterocycles. The minimum absolute atomic E-state index is 0.464. The molecule has 2 heterocycles. The van der Waals surface area contributed by atoms with Crippen molar-refractivity contribution in [2.75, 3.05) is 5.73 Å². The highest BCUT2D eigenvalue weighted by Crippen LogP contribution is 2.34. The molecule has 0 unspecified atom stereocenters. The first-order chi connectivity index (χ1) is 13.7. The van der Waals surface area contributed by atoms with Crippen molar-refractivity contribution in [2.24, 2.45) is 5.16 Å². The quantitative estimate of drug-likeness (QED) is 0.411. The Balaban J connectivity index is 1.66. The Morgan fingerprint density at radius 3 is 2.68 bits per heavy atom. The number of hydrogen-bond donors (Lipinski definition) is 2. The summed E-state index contributed by atoms with van der Waals surface area (Å²) in [5, 5.41) is 13.4. The molecular formula is C22H17N5O. The lowest BCUT2D eigenvalue weighted by Gasteiger charge is -2.11. The van der Waals surface area contributed by atoms with Gasteiger partial charge in [-0.1, -0.05) is 29.4 Å². The topological polar surface area (TPSA) is 97.3 Å². The summed E-state index contributed by atoms with van der Waals surface area (Å²) in [5.74, 6) is 0.464. The van der Waals surface area contributed by atoms with Gasteiger partial charge in [-0.25, -0.2) is 9.97 Å². The Kier molecular flexibility index (Phi) is 3.76. The van der Waals surface area contributed by atoms with Crippen LogP contribution < -0.4 is 5.73 Å². The highest BCUT2D eigenvalue weighted by molar-refractivity contribution is 6.04. The molecular weight excluding hydrogens is 350 g/mol. The van der Waals surface area contributed by atoms with Crippen molar-refractivity contribution < 1.29 is 5.21 Å². The van der Waals surface area contributed by atoms with Gasteiger partial charge in [0, 0.05) is 28.3 Å².